The molecule has 0 aliphatic carbocycles. The molecule has 1 saturated heterocycles. The van der Waals surface area contributed by atoms with Gasteiger partial charge in [-0.25, -0.2) is 0 Å². The summed E-state index contributed by atoms with van der Waals surface area (Å²) in [6.45, 7) is 3.69. The number of carbonyl (C=O) groups is 1. The third-order valence-electron chi connectivity index (χ3n) is 4.10. The Kier molecular flexibility index (Phi) is 5.00. The van der Waals surface area contributed by atoms with Crippen LogP contribution in [0.15, 0.2) is 16.0 Å². The molecule has 1 N–H and O–H groups in total. The zero-order chi connectivity index (χ0) is 16.2. The van der Waals surface area contributed by atoms with Crippen molar-refractivity contribution in [2.24, 2.45) is 0 Å². The fourth-order valence-corrected chi connectivity index (χ4v) is 3.73. The fourth-order valence-electron chi connectivity index (χ4n) is 2.86. The SMILES string of the molecule is CCc1cc(=O)[nH]c2nnc(SCC(=O)N3CCCCCC3)n12. The molecule has 3 heterocycles. The van der Waals surface area contributed by atoms with Gasteiger partial charge in [0.1, 0.15) is 0 Å². The number of aromatic amines is 1. The van der Waals surface area contributed by atoms with E-state index in [9.17, 15) is 9.59 Å². The Morgan fingerprint density at radius 2 is 2.00 bits per heavy atom. The molecule has 7 nitrogen and oxygen atoms in total. The minimum absolute atomic E-state index is 0.149. The third-order valence-corrected chi connectivity index (χ3v) is 5.01. The molecule has 0 bridgehead atoms. The molecule has 1 amide bonds. The molecule has 2 aromatic rings. The lowest BCUT2D eigenvalue weighted by molar-refractivity contribution is -0.128. The molecule has 2 aromatic heterocycles. The number of hydrogen-bond acceptors (Lipinski definition) is 5. The summed E-state index contributed by atoms with van der Waals surface area (Å²) in [6, 6.07) is 1.55. The van der Waals surface area contributed by atoms with Gasteiger partial charge in [0.25, 0.3) is 5.56 Å². The Hall–Kier alpha value is -1.83. The molecule has 23 heavy (non-hydrogen) atoms. The molecule has 0 spiro atoms. The molecule has 0 saturated carbocycles. The van der Waals surface area contributed by atoms with E-state index in [1.807, 2.05) is 16.2 Å². The largest absolute Gasteiger partial charge is 0.342 e. The predicted molar refractivity (Wildman–Crippen MR) is 88.8 cm³/mol. The van der Waals surface area contributed by atoms with E-state index in [2.05, 4.69) is 15.2 Å². The zero-order valence-electron chi connectivity index (χ0n) is 13.2. The number of thioether (sulfide) groups is 1. The molecule has 124 valence electrons. The number of likely N-dealkylation sites (tertiary alicyclic amines) is 1. The van der Waals surface area contributed by atoms with E-state index in [0.717, 1.165) is 31.6 Å². The fraction of sp³-hybridized carbons (Fsp3) is 0.600. The van der Waals surface area contributed by atoms with Crippen molar-refractivity contribution in [1.29, 1.82) is 0 Å². The maximum absolute atomic E-state index is 12.4. The van der Waals surface area contributed by atoms with E-state index in [0.29, 0.717) is 23.1 Å². The highest BCUT2D eigenvalue weighted by Crippen LogP contribution is 2.19. The van der Waals surface area contributed by atoms with Gasteiger partial charge in [0.2, 0.25) is 11.7 Å². The second kappa shape index (κ2) is 7.16. The number of aromatic nitrogens is 4. The number of rotatable bonds is 4. The highest BCUT2D eigenvalue weighted by atomic mass is 32.2. The molecule has 1 fully saturated rings. The second-order valence-corrected chi connectivity index (χ2v) is 6.65. The van der Waals surface area contributed by atoms with Crippen LogP contribution in [0.25, 0.3) is 5.78 Å². The number of H-pyrrole nitrogens is 1. The first-order chi connectivity index (χ1) is 11.2. The molecular weight excluding hydrogens is 314 g/mol. The first-order valence-electron chi connectivity index (χ1n) is 8.07. The standard InChI is InChI=1S/C15H21N5O2S/c1-2-11-9-12(21)16-14-17-18-15(20(11)14)23-10-13(22)19-7-5-3-4-6-8-19/h9H,2-8,10H2,1H3,(H,16,17,21). The van der Waals surface area contributed by atoms with E-state index < -0.39 is 0 Å². The first-order valence-corrected chi connectivity index (χ1v) is 9.05. The smallest absolute Gasteiger partial charge is 0.252 e. The summed E-state index contributed by atoms with van der Waals surface area (Å²) < 4.78 is 1.82. The van der Waals surface area contributed by atoms with Crippen molar-refractivity contribution >= 4 is 23.4 Å². The van der Waals surface area contributed by atoms with E-state index in [-0.39, 0.29) is 11.5 Å². The van der Waals surface area contributed by atoms with Crippen molar-refractivity contribution in [3.05, 3.63) is 22.1 Å². The minimum Gasteiger partial charge on any atom is -0.342 e. The van der Waals surface area contributed by atoms with Crippen LogP contribution < -0.4 is 5.56 Å². The summed E-state index contributed by atoms with van der Waals surface area (Å²) in [6.07, 6.45) is 5.29. The Bertz CT molecular complexity index is 746. The first kappa shape index (κ1) is 16.0. The molecule has 0 unspecified atom stereocenters. The lowest BCUT2D eigenvalue weighted by Crippen LogP contribution is -2.33. The summed E-state index contributed by atoms with van der Waals surface area (Å²) in [7, 11) is 0. The van der Waals surface area contributed by atoms with Crippen molar-refractivity contribution in [3.63, 3.8) is 0 Å². The van der Waals surface area contributed by atoms with Crippen LogP contribution in [0.2, 0.25) is 0 Å². The van der Waals surface area contributed by atoms with Crippen LogP contribution in [0.1, 0.15) is 38.3 Å². The lowest BCUT2D eigenvalue weighted by atomic mass is 10.2. The molecule has 3 rings (SSSR count). The van der Waals surface area contributed by atoms with Crippen molar-refractivity contribution < 1.29 is 4.79 Å². The van der Waals surface area contributed by atoms with Crippen LogP contribution >= 0.6 is 11.8 Å². The molecule has 0 aromatic carbocycles. The van der Waals surface area contributed by atoms with E-state index >= 15 is 0 Å². The van der Waals surface area contributed by atoms with Gasteiger partial charge in [-0.1, -0.05) is 31.5 Å². The van der Waals surface area contributed by atoms with Gasteiger partial charge in [0.15, 0.2) is 5.16 Å². The highest BCUT2D eigenvalue weighted by Gasteiger charge is 2.18. The Labute approximate surface area is 138 Å². The number of nitrogens with one attached hydrogen (secondary N) is 1. The van der Waals surface area contributed by atoms with Gasteiger partial charge in [0, 0.05) is 24.8 Å². The summed E-state index contributed by atoms with van der Waals surface area (Å²) >= 11 is 1.38. The van der Waals surface area contributed by atoms with Crippen LogP contribution in [-0.4, -0.2) is 49.2 Å². The van der Waals surface area contributed by atoms with Crippen molar-refractivity contribution in [3.8, 4) is 0 Å². The van der Waals surface area contributed by atoms with E-state index in [1.54, 1.807) is 6.07 Å². The van der Waals surface area contributed by atoms with Gasteiger partial charge < -0.3 is 4.90 Å². The zero-order valence-corrected chi connectivity index (χ0v) is 14.1. The van der Waals surface area contributed by atoms with Gasteiger partial charge in [-0.2, -0.15) is 0 Å². The van der Waals surface area contributed by atoms with Crippen LogP contribution in [0.4, 0.5) is 0 Å². The number of aryl methyl sites for hydroxylation is 1. The summed E-state index contributed by atoms with van der Waals surface area (Å²) in [4.78, 5) is 28.6. The monoisotopic (exact) mass is 335 g/mol. The van der Waals surface area contributed by atoms with Gasteiger partial charge in [0.05, 0.1) is 5.75 Å². The molecular formula is C15H21N5O2S. The summed E-state index contributed by atoms with van der Waals surface area (Å²) in [5.74, 6) is 0.929. The maximum Gasteiger partial charge on any atom is 0.252 e. The number of carbonyl (C=O) groups excluding carboxylic acids is 1. The number of nitrogens with zero attached hydrogens (tertiary/aromatic N) is 4. The average Bonchev–Trinajstić information content (AvgIpc) is 2.77. The summed E-state index contributed by atoms with van der Waals surface area (Å²) in [5.41, 5.74) is 0.664. The van der Waals surface area contributed by atoms with Crippen LogP contribution in [-0.2, 0) is 11.2 Å². The van der Waals surface area contributed by atoms with Gasteiger partial charge in [-0.15, -0.1) is 10.2 Å². The summed E-state index contributed by atoms with van der Waals surface area (Å²) in [5, 5.41) is 8.77. The third kappa shape index (κ3) is 3.57. The lowest BCUT2D eigenvalue weighted by Gasteiger charge is -2.19. The molecule has 8 heteroatoms. The topological polar surface area (TPSA) is 83.4 Å². The average molecular weight is 335 g/mol. The molecule has 1 aliphatic rings. The normalized spacial score (nSPS) is 15.8. The molecule has 0 radical (unpaired) electrons. The van der Waals surface area contributed by atoms with Crippen LogP contribution in [0.5, 0.6) is 0 Å². The molecule has 0 atom stereocenters. The minimum atomic E-state index is -0.182. The van der Waals surface area contributed by atoms with Gasteiger partial charge in [-0.3, -0.25) is 19.0 Å². The highest BCUT2D eigenvalue weighted by molar-refractivity contribution is 7.99. The molecule has 1 aliphatic heterocycles. The van der Waals surface area contributed by atoms with Gasteiger partial charge >= 0.3 is 0 Å². The van der Waals surface area contributed by atoms with Crippen LogP contribution in [0, 0.1) is 0 Å². The number of hydrogen-bond donors (Lipinski definition) is 1. The van der Waals surface area contributed by atoms with Gasteiger partial charge in [-0.05, 0) is 19.3 Å². The van der Waals surface area contributed by atoms with Crippen molar-refractivity contribution in [1.82, 2.24) is 24.5 Å². The number of fused-ring (bicyclic) bond motifs is 1. The number of amides is 1. The Morgan fingerprint density at radius 3 is 2.70 bits per heavy atom. The van der Waals surface area contributed by atoms with Crippen molar-refractivity contribution in [2.75, 3.05) is 18.8 Å². The predicted octanol–water partition coefficient (Wildman–Crippen LogP) is 1.47. The quantitative estimate of drug-likeness (QED) is 0.856. The van der Waals surface area contributed by atoms with Crippen LogP contribution in [0.3, 0.4) is 0 Å². The Balaban J connectivity index is 1.74. The second-order valence-electron chi connectivity index (χ2n) is 5.70. The van der Waals surface area contributed by atoms with E-state index in [4.69, 9.17) is 0 Å². The Morgan fingerprint density at radius 1 is 1.26 bits per heavy atom. The van der Waals surface area contributed by atoms with E-state index in [1.165, 1.54) is 24.6 Å². The maximum atomic E-state index is 12.4. The van der Waals surface area contributed by atoms with Crippen molar-refractivity contribution in [2.45, 2.75) is 44.2 Å².